The molecule has 0 atom stereocenters. The van der Waals surface area contributed by atoms with Gasteiger partial charge >= 0.3 is 5.97 Å². The van der Waals surface area contributed by atoms with Gasteiger partial charge in [-0.25, -0.2) is 4.79 Å². The SMILES string of the molecule is CCOC(=O)c1cccc(NCC2=CC(C)(C)Oc3ccc(OC)cc32)c1. The normalized spacial score (nSPS) is 14.4. The van der Waals surface area contributed by atoms with E-state index in [0.717, 1.165) is 28.3 Å². The maximum Gasteiger partial charge on any atom is 0.338 e. The van der Waals surface area contributed by atoms with E-state index in [9.17, 15) is 4.79 Å². The van der Waals surface area contributed by atoms with E-state index in [1.54, 1.807) is 26.2 Å². The Bertz CT molecular complexity index is 870. The van der Waals surface area contributed by atoms with Crippen molar-refractivity contribution in [1.29, 1.82) is 0 Å². The summed E-state index contributed by atoms with van der Waals surface area (Å²) in [6.45, 7) is 6.81. The summed E-state index contributed by atoms with van der Waals surface area (Å²) >= 11 is 0. The molecule has 27 heavy (non-hydrogen) atoms. The van der Waals surface area contributed by atoms with Crippen LogP contribution in [-0.4, -0.2) is 31.8 Å². The van der Waals surface area contributed by atoms with E-state index in [2.05, 4.69) is 11.4 Å². The first-order valence-corrected chi connectivity index (χ1v) is 9.02. The second-order valence-corrected chi connectivity index (χ2v) is 6.89. The fourth-order valence-electron chi connectivity index (χ4n) is 3.10. The van der Waals surface area contributed by atoms with E-state index in [1.165, 1.54) is 0 Å². The van der Waals surface area contributed by atoms with Crippen LogP contribution in [0.5, 0.6) is 11.5 Å². The molecule has 0 saturated carbocycles. The number of fused-ring (bicyclic) bond motifs is 1. The van der Waals surface area contributed by atoms with Crippen molar-refractivity contribution in [2.45, 2.75) is 26.4 Å². The van der Waals surface area contributed by atoms with Gasteiger partial charge in [0.25, 0.3) is 0 Å². The average Bonchev–Trinajstić information content (AvgIpc) is 2.65. The molecule has 1 aliphatic heterocycles. The number of benzene rings is 2. The summed E-state index contributed by atoms with van der Waals surface area (Å²) in [5.74, 6) is 1.30. The predicted octanol–water partition coefficient (Wildman–Crippen LogP) is 4.54. The highest BCUT2D eigenvalue weighted by Crippen LogP contribution is 2.38. The van der Waals surface area contributed by atoms with E-state index in [1.807, 2.05) is 44.2 Å². The lowest BCUT2D eigenvalue weighted by Gasteiger charge is -2.31. The second-order valence-electron chi connectivity index (χ2n) is 6.89. The van der Waals surface area contributed by atoms with Crippen LogP contribution in [0.4, 0.5) is 5.69 Å². The van der Waals surface area contributed by atoms with Crippen molar-refractivity contribution < 1.29 is 19.0 Å². The Hall–Kier alpha value is -2.95. The minimum atomic E-state index is -0.397. The molecule has 0 amide bonds. The first kappa shape index (κ1) is 18.8. The van der Waals surface area contributed by atoms with Gasteiger partial charge in [0.1, 0.15) is 17.1 Å². The quantitative estimate of drug-likeness (QED) is 0.760. The van der Waals surface area contributed by atoms with Gasteiger partial charge in [0, 0.05) is 17.8 Å². The van der Waals surface area contributed by atoms with Crippen LogP contribution >= 0.6 is 0 Å². The molecule has 0 unspecified atom stereocenters. The minimum Gasteiger partial charge on any atom is -0.497 e. The van der Waals surface area contributed by atoms with Crippen LogP contribution in [0.1, 0.15) is 36.7 Å². The molecule has 0 fully saturated rings. The number of nitrogens with one attached hydrogen (secondary N) is 1. The fourth-order valence-corrected chi connectivity index (χ4v) is 3.10. The van der Waals surface area contributed by atoms with Gasteiger partial charge < -0.3 is 19.5 Å². The molecule has 0 saturated heterocycles. The Balaban J connectivity index is 1.82. The number of anilines is 1. The zero-order valence-electron chi connectivity index (χ0n) is 16.2. The summed E-state index contributed by atoms with van der Waals surface area (Å²) in [6.07, 6.45) is 2.11. The van der Waals surface area contributed by atoms with Crippen molar-refractivity contribution in [3.8, 4) is 11.5 Å². The smallest absolute Gasteiger partial charge is 0.338 e. The summed E-state index contributed by atoms with van der Waals surface area (Å²) in [7, 11) is 1.65. The van der Waals surface area contributed by atoms with Crippen LogP contribution in [-0.2, 0) is 4.74 Å². The highest BCUT2D eigenvalue weighted by molar-refractivity contribution is 5.90. The lowest BCUT2D eigenvalue weighted by atomic mass is 9.94. The first-order valence-electron chi connectivity index (χ1n) is 9.02. The third-order valence-corrected chi connectivity index (χ3v) is 4.28. The van der Waals surface area contributed by atoms with Crippen LogP contribution in [0.15, 0.2) is 48.5 Å². The molecule has 5 heteroatoms. The van der Waals surface area contributed by atoms with Gasteiger partial charge in [0.05, 0.1) is 19.3 Å². The average molecular weight is 367 g/mol. The summed E-state index contributed by atoms with van der Waals surface area (Å²) in [4.78, 5) is 11.9. The fraction of sp³-hybridized carbons (Fsp3) is 0.318. The van der Waals surface area contributed by atoms with Crippen molar-refractivity contribution in [3.63, 3.8) is 0 Å². The van der Waals surface area contributed by atoms with Gasteiger partial charge in [-0.15, -0.1) is 0 Å². The summed E-state index contributed by atoms with van der Waals surface area (Å²) < 4.78 is 16.5. The second kappa shape index (κ2) is 7.74. The van der Waals surface area contributed by atoms with Crippen molar-refractivity contribution >= 4 is 17.2 Å². The van der Waals surface area contributed by atoms with Gasteiger partial charge in [0.15, 0.2) is 0 Å². The maximum atomic E-state index is 11.9. The first-order chi connectivity index (χ1) is 12.9. The van der Waals surface area contributed by atoms with Crippen molar-refractivity contribution in [3.05, 3.63) is 59.7 Å². The van der Waals surface area contributed by atoms with Gasteiger partial charge in [-0.3, -0.25) is 0 Å². The number of methoxy groups -OCH3 is 1. The summed E-state index contributed by atoms with van der Waals surface area (Å²) in [5.41, 5.74) is 3.11. The topological polar surface area (TPSA) is 56.8 Å². The van der Waals surface area contributed by atoms with E-state index < -0.39 is 5.60 Å². The van der Waals surface area contributed by atoms with E-state index >= 15 is 0 Å². The molecular formula is C22H25NO4. The van der Waals surface area contributed by atoms with Crippen LogP contribution in [0.3, 0.4) is 0 Å². The number of esters is 1. The molecule has 2 aromatic carbocycles. The molecule has 1 N–H and O–H groups in total. The third-order valence-electron chi connectivity index (χ3n) is 4.28. The van der Waals surface area contributed by atoms with Gasteiger partial charge in [0.2, 0.25) is 0 Å². The molecule has 0 spiro atoms. The minimum absolute atomic E-state index is 0.317. The molecule has 142 valence electrons. The summed E-state index contributed by atoms with van der Waals surface area (Å²) in [5, 5.41) is 3.40. The molecular weight excluding hydrogens is 342 g/mol. The monoisotopic (exact) mass is 367 g/mol. The number of carbonyl (C=O) groups excluding carboxylic acids is 1. The van der Waals surface area contributed by atoms with E-state index in [0.29, 0.717) is 18.7 Å². The van der Waals surface area contributed by atoms with Crippen molar-refractivity contribution in [2.75, 3.05) is 25.6 Å². The molecule has 2 aromatic rings. The zero-order valence-corrected chi connectivity index (χ0v) is 16.2. The van der Waals surface area contributed by atoms with Gasteiger partial charge in [-0.05, 0) is 68.8 Å². The van der Waals surface area contributed by atoms with E-state index in [-0.39, 0.29) is 5.97 Å². The van der Waals surface area contributed by atoms with Crippen LogP contribution in [0.2, 0.25) is 0 Å². The zero-order chi connectivity index (χ0) is 19.4. The highest BCUT2D eigenvalue weighted by atomic mass is 16.5. The standard InChI is InChI=1S/C22H25NO4/c1-5-26-21(24)15-7-6-8-17(11-15)23-14-16-13-22(2,3)27-20-10-9-18(25-4)12-19(16)20/h6-13,23H,5,14H2,1-4H3. The number of rotatable bonds is 6. The Morgan fingerprint density at radius 1 is 1.19 bits per heavy atom. The van der Waals surface area contributed by atoms with E-state index in [4.69, 9.17) is 14.2 Å². The predicted molar refractivity (Wildman–Crippen MR) is 107 cm³/mol. The number of carbonyl (C=O) groups is 1. The molecule has 0 radical (unpaired) electrons. The Kier molecular flexibility index (Phi) is 5.40. The van der Waals surface area contributed by atoms with Crippen LogP contribution in [0, 0.1) is 0 Å². The molecule has 1 heterocycles. The molecule has 0 bridgehead atoms. The third kappa shape index (κ3) is 4.42. The lowest BCUT2D eigenvalue weighted by molar-refractivity contribution is 0.0526. The molecule has 3 rings (SSSR count). The largest absolute Gasteiger partial charge is 0.497 e. The maximum absolute atomic E-state index is 11.9. The van der Waals surface area contributed by atoms with Crippen molar-refractivity contribution in [2.24, 2.45) is 0 Å². The van der Waals surface area contributed by atoms with Crippen LogP contribution in [0.25, 0.3) is 5.57 Å². The molecule has 0 aliphatic carbocycles. The number of hydrogen-bond donors (Lipinski definition) is 1. The number of ether oxygens (including phenoxy) is 3. The number of hydrogen-bond acceptors (Lipinski definition) is 5. The Morgan fingerprint density at radius 2 is 2.00 bits per heavy atom. The molecule has 0 aromatic heterocycles. The Morgan fingerprint density at radius 3 is 2.74 bits per heavy atom. The molecule has 5 nitrogen and oxygen atoms in total. The van der Waals surface area contributed by atoms with Crippen LogP contribution < -0.4 is 14.8 Å². The van der Waals surface area contributed by atoms with Crippen molar-refractivity contribution in [1.82, 2.24) is 0 Å². The summed E-state index contributed by atoms with van der Waals surface area (Å²) in [6, 6.07) is 13.1. The highest BCUT2D eigenvalue weighted by Gasteiger charge is 2.26. The molecule has 1 aliphatic rings. The van der Waals surface area contributed by atoms with Gasteiger partial charge in [-0.2, -0.15) is 0 Å². The Labute approximate surface area is 159 Å². The van der Waals surface area contributed by atoms with Gasteiger partial charge in [-0.1, -0.05) is 6.07 Å². The lowest BCUT2D eigenvalue weighted by Crippen LogP contribution is -2.30.